The number of halogens is 5. The van der Waals surface area contributed by atoms with Crippen molar-refractivity contribution in [2.24, 2.45) is 13.0 Å². The van der Waals surface area contributed by atoms with E-state index in [1.165, 1.54) is 13.8 Å². The Labute approximate surface area is 369 Å². The molecule has 5 amide bonds. The Morgan fingerprint density at radius 1 is 0.766 bits per heavy atom. The second-order valence-corrected chi connectivity index (χ2v) is 16.4. The second kappa shape index (κ2) is 24.3. The smallest absolute Gasteiger partial charge is 0.243 e. The van der Waals surface area contributed by atoms with Gasteiger partial charge in [-0.2, -0.15) is 0 Å². The van der Waals surface area contributed by atoms with Crippen molar-refractivity contribution in [2.75, 3.05) is 19.6 Å². The van der Waals surface area contributed by atoms with Gasteiger partial charge in [0.25, 0.3) is 0 Å². The molecule has 1 aliphatic rings. The van der Waals surface area contributed by atoms with Crippen LogP contribution in [0.15, 0.2) is 42.9 Å². The number of hydrogen-bond donors (Lipinski definition) is 6. The molecule has 0 bridgehead atoms. The summed E-state index contributed by atoms with van der Waals surface area (Å²) in [6.07, 6.45) is 4.80. The molecule has 0 spiro atoms. The van der Waals surface area contributed by atoms with Gasteiger partial charge < -0.3 is 41.3 Å². The molecule has 2 heterocycles. The summed E-state index contributed by atoms with van der Waals surface area (Å²) < 4.78 is 73.8. The maximum absolute atomic E-state index is 14.8. The van der Waals surface area contributed by atoms with Crippen LogP contribution in [0.2, 0.25) is 0 Å². The first-order valence-corrected chi connectivity index (χ1v) is 21.3. The summed E-state index contributed by atoms with van der Waals surface area (Å²) in [7, 11) is 1.91. The summed E-state index contributed by atoms with van der Waals surface area (Å²) in [5.74, 6) is -16.1. The van der Waals surface area contributed by atoms with E-state index in [4.69, 9.17) is 0 Å². The zero-order valence-electron chi connectivity index (χ0n) is 36.6. The van der Waals surface area contributed by atoms with Gasteiger partial charge in [-0.15, -0.1) is 0 Å². The monoisotopic (exact) mass is 903 g/mol. The lowest BCUT2D eigenvalue weighted by Crippen LogP contribution is -2.59. The molecule has 1 aromatic heterocycles. The lowest BCUT2D eigenvalue weighted by atomic mass is 9.96. The van der Waals surface area contributed by atoms with Gasteiger partial charge >= 0.3 is 0 Å². The minimum absolute atomic E-state index is 0.0787. The highest BCUT2D eigenvalue weighted by Gasteiger charge is 2.34. The Kier molecular flexibility index (Phi) is 19.4. The van der Waals surface area contributed by atoms with Gasteiger partial charge in [0, 0.05) is 50.2 Å². The van der Waals surface area contributed by atoms with Crippen LogP contribution in [-0.4, -0.2) is 106 Å². The highest BCUT2D eigenvalue weighted by molar-refractivity contribution is 5.96. The van der Waals surface area contributed by atoms with Crippen molar-refractivity contribution in [3.05, 3.63) is 88.8 Å². The average Bonchev–Trinajstić information content (AvgIpc) is 3.69. The predicted octanol–water partition coefficient (Wildman–Crippen LogP) is 2.64. The maximum atomic E-state index is 14.8. The van der Waals surface area contributed by atoms with Gasteiger partial charge in [-0.25, -0.2) is 26.9 Å². The van der Waals surface area contributed by atoms with E-state index >= 15 is 0 Å². The van der Waals surface area contributed by atoms with Crippen LogP contribution < -0.4 is 31.9 Å². The fraction of sp³-hybridized carbons (Fsp3) is 0.523. The van der Waals surface area contributed by atoms with Crippen molar-refractivity contribution >= 4 is 35.8 Å². The minimum Gasteiger partial charge on any atom is -0.345 e. The number of aryl methyl sites for hydroxylation is 1. The van der Waals surface area contributed by atoms with Gasteiger partial charge in [-0.3, -0.25) is 28.9 Å². The van der Waals surface area contributed by atoms with Crippen molar-refractivity contribution < 1.29 is 50.7 Å². The number of benzene rings is 2. The van der Waals surface area contributed by atoms with Crippen LogP contribution in [0.4, 0.5) is 22.0 Å². The van der Waals surface area contributed by atoms with Crippen LogP contribution in [0, 0.1) is 35.0 Å². The molecule has 1 aliphatic heterocycles. The molecule has 5 atom stereocenters. The fourth-order valence-electron chi connectivity index (χ4n) is 7.18. The molecule has 3 aromatic rings. The van der Waals surface area contributed by atoms with Crippen LogP contribution >= 0.6 is 0 Å². The summed E-state index contributed by atoms with van der Waals surface area (Å²) in [6.45, 7) is 9.04. The van der Waals surface area contributed by atoms with Gasteiger partial charge in [-0.05, 0) is 85.0 Å². The molecule has 6 N–H and O–H groups in total. The van der Waals surface area contributed by atoms with Gasteiger partial charge in [-0.1, -0.05) is 30.3 Å². The Bertz CT molecular complexity index is 2060. The first kappa shape index (κ1) is 50.9. The second-order valence-electron chi connectivity index (χ2n) is 16.4. The molecular formula is C44H58F5N9O6. The maximum Gasteiger partial charge on any atom is 0.243 e. The number of aromatic nitrogens is 2. The third kappa shape index (κ3) is 14.4. The van der Waals surface area contributed by atoms with Crippen molar-refractivity contribution in [3.63, 3.8) is 0 Å². The molecule has 0 saturated carbocycles. The Hall–Kier alpha value is -5.76. The van der Waals surface area contributed by atoms with Crippen molar-refractivity contribution in [2.45, 2.75) is 115 Å². The highest BCUT2D eigenvalue weighted by atomic mass is 19.2. The minimum atomic E-state index is -2.40. The molecule has 1 fully saturated rings. The SMILES string of the molecule is CC(C)N(CCCC[C@H](NC(=O)[C@H](Cc1ccccc1)NC(=O)[C@H](C)NC(=O)[C@H](Cc1c(F)c(F)c(F)c(F)c1F)NC(=O)C1CCNCC1)C(=O)N[C@@H](C)C=O)Cc1cncn1C. The van der Waals surface area contributed by atoms with Crippen LogP contribution in [0.5, 0.6) is 0 Å². The molecular weight excluding hydrogens is 846 g/mol. The number of piperidine rings is 1. The molecule has 0 radical (unpaired) electrons. The van der Waals surface area contributed by atoms with Gasteiger partial charge in [0.05, 0.1) is 18.1 Å². The molecule has 350 valence electrons. The normalized spacial score (nSPS) is 15.4. The molecule has 4 rings (SSSR count). The average molecular weight is 904 g/mol. The zero-order chi connectivity index (χ0) is 47.1. The van der Waals surface area contributed by atoms with Crippen molar-refractivity contribution in [1.82, 2.24) is 46.4 Å². The van der Waals surface area contributed by atoms with E-state index in [9.17, 15) is 50.7 Å². The van der Waals surface area contributed by atoms with Crippen molar-refractivity contribution in [1.29, 1.82) is 0 Å². The van der Waals surface area contributed by atoms with Crippen LogP contribution in [0.1, 0.15) is 76.6 Å². The zero-order valence-corrected chi connectivity index (χ0v) is 36.6. The van der Waals surface area contributed by atoms with E-state index < -0.39 is 107 Å². The number of unbranched alkanes of at least 4 members (excludes halogenated alkanes) is 1. The number of imidazole rings is 1. The molecule has 15 nitrogen and oxygen atoms in total. The van der Waals surface area contributed by atoms with Gasteiger partial charge in [0.15, 0.2) is 23.3 Å². The number of hydrogen-bond acceptors (Lipinski definition) is 9. The number of nitrogens with zero attached hydrogens (tertiary/aromatic N) is 3. The third-order valence-corrected chi connectivity index (χ3v) is 11.1. The fourth-order valence-corrected chi connectivity index (χ4v) is 7.18. The first-order valence-electron chi connectivity index (χ1n) is 21.3. The van der Waals surface area contributed by atoms with E-state index in [1.807, 2.05) is 11.6 Å². The molecule has 0 unspecified atom stereocenters. The van der Waals surface area contributed by atoms with E-state index in [-0.39, 0.29) is 18.9 Å². The summed E-state index contributed by atoms with van der Waals surface area (Å²) in [6, 6.07) is 2.04. The number of nitrogens with one attached hydrogen (secondary N) is 6. The summed E-state index contributed by atoms with van der Waals surface area (Å²) in [4.78, 5) is 86.1. The molecule has 64 heavy (non-hydrogen) atoms. The van der Waals surface area contributed by atoms with Gasteiger partial charge in [0.2, 0.25) is 35.4 Å². The summed E-state index contributed by atoms with van der Waals surface area (Å²) in [5, 5.41) is 15.6. The van der Waals surface area contributed by atoms with Crippen molar-refractivity contribution in [3.8, 4) is 0 Å². The Morgan fingerprint density at radius 2 is 1.34 bits per heavy atom. The van der Waals surface area contributed by atoms with Crippen LogP contribution in [-0.2, 0) is 55.2 Å². The lowest BCUT2D eigenvalue weighted by Gasteiger charge is -2.28. The predicted molar refractivity (Wildman–Crippen MR) is 225 cm³/mol. The molecule has 1 saturated heterocycles. The number of carbonyl (C=O) groups is 6. The summed E-state index contributed by atoms with van der Waals surface area (Å²) in [5.41, 5.74) is 0.285. The molecule has 20 heteroatoms. The largest absolute Gasteiger partial charge is 0.345 e. The topological polar surface area (TPSA) is 196 Å². The number of carbonyl (C=O) groups excluding carboxylic acids is 6. The standard InChI is InChI=1S/C44H58F5N9O6/c1-25(2)58(22-30-21-51-24-57(30)5)18-10-9-13-32(42(62)52-26(3)23-59)54-44(64)33(19-28-11-7-6-8-12-28)55-40(60)27(4)53-43(63)34(56-41(61)29-14-16-50-17-15-29)20-31-35(45)37(47)39(49)38(48)36(31)46/h6-8,11-12,21,23-27,29,32-34,50H,9-10,13-20,22H2,1-5H3,(H,52,62)(H,53,63)(H,54,64)(H,55,60)(H,56,61)/t26-,27-,32-,33-,34-/m0/s1. The van der Waals surface area contributed by atoms with E-state index in [0.29, 0.717) is 63.7 Å². The van der Waals surface area contributed by atoms with Crippen LogP contribution in [0.3, 0.4) is 0 Å². The Morgan fingerprint density at radius 3 is 1.94 bits per heavy atom. The van der Waals surface area contributed by atoms with Crippen LogP contribution in [0.25, 0.3) is 0 Å². The molecule has 0 aliphatic carbocycles. The Balaban J connectivity index is 1.51. The number of amides is 5. The van der Waals surface area contributed by atoms with E-state index in [0.717, 1.165) is 5.69 Å². The van der Waals surface area contributed by atoms with E-state index in [2.05, 4.69) is 55.6 Å². The van der Waals surface area contributed by atoms with Gasteiger partial charge in [0.1, 0.15) is 30.5 Å². The quantitative estimate of drug-likeness (QED) is 0.0273. The lowest BCUT2D eigenvalue weighted by molar-refractivity contribution is -0.135. The first-order chi connectivity index (χ1) is 30.4. The highest BCUT2D eigenvalue weighted by Crippen LogP contribution is 2.25. The molecule has 2 aromatic carbocycles. The third-order valence-electron chi connectivity index (χ3n) is 11.1. The van der Waals surface area contributed by atoms with E-state index in [1.54, 1.807) is 42.9 Å². The summed E-state index contributed by atoms with van der Waals surface area (Å²) >= 11 is 0. The number of aldehydes is 1. The number of rotatable bonds is 23.